The zero-order chi connectivity index (χ0) is 22.5. The van der Waals surface area contributed by atoms with E-state index in [1.54, 1.807) is 12.2 Å². The van der Waals surface area contributed by atoms with Crippen LogP contribution in [0.5, 0.6) is 5.75 Å². The minimum atomic E-state index is -0.268. The third kappa shape index (κ3) is 5.18. The predicted octanol–water partition coefficient (Wildman–Crippen LogP) is 4.72. The van der Waals surface area contributed by atoms with Gasteiger partial charge < -0.3 is 9.64 Å². The van der Waals surface area contributed by atoms with Crippen molar-refractivity contribution in [2.45, 2.75) is 0 Å². The van der Waals surface area contributed by atoms with Crippen molar-refractivity contribution < 1.29 is 14.3 Å². The van der Waals surface area contributed by atoms with Crippen molar-refractivity contribution in [3.8, 4) is 5.75 Å². The molecular weight excluding hydrogens is 446 g/mol. The zero-order valence-corrected chi connectivity index (χ0v) is 19.1. The van der Waals surface area contributed by atoms with Crippen molar-refractivity contribution in [3.05, 3.63) is 76.7 Å². The molecule has 2 saturated heterocycles. The monoisotopic (exact) mass is 469 g/mol. The highest BCUT2D eigenvalue weighted by molar-refractivity contribution is 8.18. The molecule has 2 aliphatic heterocycles. The highest BCUT2D eigenvalue weighted by Crippen LogP contribution is 2.34. The van der Waals surface area contributed by atoms with E-state index in [1.165, 1.54) is 4.90 Å². The number of hydrogen-bond acceptors (Lipinski definition) is 6. The van der Waals surface area contributed by atoms with Gasteiger partial charge in [0, 0.05) is 42.5 Å². The van der Waals surface area contributed by atoms with Crippen molar-refractivity contribution in [2.75, 3.05) is 44.4 Å². The molecule has 32 heavy (non-hydrogen) atoms. The molecule has 2 heterocycles. The quantitative estimate of drug-likeness (QED) is 0.432. The highest BCUT2D eigenvalue weighted by Gasteiger charge is 2.36. The molecule has 8 heteroatoms. The number of halogens is 1. The topological polar surface area (TPSA) is 53.1 Å². The second-order valence-electron chi connectivity index (χ2n) is 7.47. The molecule has 6 nitrogen and oxygen atoms in total. The van der Waals surface area contributed by atoms with E-state index in [9.17, 15) is 9.59 Å². The summed E-state index contributed by atoms with van der Waals surface area (Å²) in [6.45, 7) is 7.44. The van der Waals surface area contributed by atoms with Crippen LogP contribution in [0.3, 0.4) is 0 Å². The van der Waals surface area contributed by atoms with Crippen molar-refractivity contribution in [3.63, 3.8) is 0 Å². The fourth-order valence-corrected chi connectivity index (χ4v) is 4.67. The van der Waals surface area contributed by atoms with E-state index in [0.717, 1.165) is 49.2 Å². The number of benzene rings is 2. The van der Waals surface area contributed by atoms with Gasteiger partial charge >= 0.3 is 0 Å². The molecule has 0 aliphatic carbocycles. The van der Waals surface area contributed by atoms with Gasteiger partial charge in [-0.2, -0.15) is 0 Å². The van der Waals surface area contributed by atoms with Crippen LogP contribution in [-0.4, -0.2) is 60.4 Å². The molecule has 2 amide bonds. The maximum atomic E-state index is 12.9. The number of nitrogens with zero attached hydrogens (tertiary/aromatic N) is 3. The van der Waals surface area contributed by atoms with Gasteiger partial charge in [0.05, 0.1) is 11.6 Å². The van der Waals surface area contributed by atoms with E-state index < -0.39 is 0 Å². The molecule has 0 bridgehead atoms. The first-order chi connectivity index (χ1) is 15.5. The van der Waals surface area contributed by atoms with E-state index in [2.05, 4.69) is 16.4 Å². The van der Waals surface area contributed by atoms with E-state index >= 15 is 0 Å². The van der Waals surface area contributed by atoms with E-state index in [4.69, 9.17) is 16.3 Å². The smallest absolute Gasteiger partial charge is 0.294 e. The van der Waals surface area contributed by atoms with E-state index in [1.807, 2.05) is 48.5 Å². The average Bonchev–Trinajstić information content (AvgIpc) is 3.06. The number of hydrogen-bond donors (Lipinski definition) is 0. The standard InChI is InChI=1S/C24H24ClN3O3S/c1-2-14-31-21-9-4-3-6-18(21)15-22-23(29)28(24(30)32-22)17-26-10-12-27(13-11-26)20-8-5-7-19(25)16-20/h2-9,15-16H,1,10-14,17H2/b22-15+. The lowest BCUT2D eigenvalue weighted by molar-refractivity contribution is -0.124. The molecule has 0 saturated carbocycles. The Labute approximate surface area is 197 Å². The minimum absolute atomic E-state index is 0.247. The minimum Gasteiger partial charge on any atom is -0.489 e. The van der Waals surface area contributed by atoms with Crippen LogP contribution < -0.4 is 9.64 Å². The summed E-state index contributed by atoms with van der Waals surface area (Å²) in [6, 6.07) is 15.2. The number of carbonyl (C=O) groups excluding carboxylic acids is 2. The zero-order valence-electron chi connectivity index (χ0n) is 17.6. The average molecular weight is 470 g/mol. The summed E-state index contributed by atoms with van der Waals surface area (Å²) in [7, 11) is 0. The Morgan fingerprint density at radius 3 is 2.59 bits per heavy atom. The molecule has 2 aromatic rings. The molecule has 0 unspecified atom stereocenters. The third-order valence-corrected chi connectivity index (χ3v) is 6.47. The Morgan fingerprint density at radius 1 is 1.06 bits per heavy atom. The molecule has 166 valence electrons. The molecule has 4 rings (SSSR count). The largest absolute Gasteiger partial charge is 0.489 e. The summed E-state index contributed by atoms with van der Waals surface area (Å²) in [5, 5.41) is 0.467. The van der Waals surface area contributed by atoms with Crippen LogP contribution in [-0.2, 0) is 4.79 Å². The molecule has 0 spiro atoms. The predicted molar refractivity (Wildman–Crippen MR) is 130 cm³/mol. The number of ether oxygens (including phenoxy) is 1. The number of rotatable bonds is 7. The fraction of sp³-hybridized carbons (Fsp3) is 0.250. The van der Waals surface area contributed by atoms with Crippen LogP contribution in [0, 0.1) is 0 Å². The number of anilines is 1. The number of thioether (sulfide) groups is 1. The van der Waals surface area contributed by atoms with Crippen LogP contribution in [0.2, 0.25) is 5.02 Å². The number of para-hydroxylation sites is 1. The maximum Gasteiger partial charge on any atom is 0.294 e. The van der Waals surface area contributed by atoms with Gasteiger partial charge in [0.1, 0.15) is 12.4 Å². The molecule has 2 aliphatic rings. The van der Waals surface area contributed by atoms with Gasteiger partial charge in [0.15, 0.2) is 0 Å². The summed E-state index contributed by atoms with van der Waals surface area (Å²) in [5.41, 5.74) is 1.85. The van der Waals surface area contributed by atoms with Gasteiger partial charge in [-0.05, 0) is 42.1 Å². The molecule has 2 fully saturated rings. The lowest BCUT2D eigenvalue weighted by Crippen LogP contribution is -2.50. The van der Waals surface area contributed by atoms with Crippen molar-refractivity contribution in [2.24, 2.45) is 0 Å². The van der Waals surface area contributed by atoms with Crippen LogP contribution >= 0.6 is 23.4 Å². The van der Waals surface area contributed by atoms with Crippen molar-refractivity contribution in [1.82, 2.24) is 9.80 Å². The van der Waals surface area contributed by atoms with Crippen LogP contribution in [0.25, 0.3) is 6.08 Å². The fourth-order valence-electron chi connectivity index (χ4n) is 3.66. The first-order valence-corrected chi connectivity index (χ1v) is 11.6. The van der Waals surface area contributed by atoms with Gasteiger partial charge in [-0.25, -0.2) is 0 Å². The molecule has 0 atom stereocenters. The Morgan fingerprint density at radius 2 is 1.84 bits per heavy atom. The molecular formula is C24H24ClN3O3S. The van der Waals surface area contributed by atoms with E-state index in [-0.39, 0.29) is 11.1 Å². The number of imide groups is 1. The lowest BCUT2D eigenvalue weighted by atomic mass is 10.2. The number of amides is 2. The van der Waals surface area contributed by atoms with Crippen molar-refractivity contribution >= 4 is 46.3 Å². The summed E-state index contributed by atoms with van der Waals surface area (Å²) < 4.78 is 5.66. The Balaban J connectivity index is 1.39. The summed E-state index contributed by atoms with van der Waals surface area (Å²) in [6.07, 6.45) is 3.39. The maximum absolute atomic E-state index is 12.9. The molecule has 0 radical (unpaired) electrons. The molecule has 0 aromatic heterocycles. The van der Waals surface area contributed by atoms with E-state index in [0.29, 0.717) is 29.0 Å². The van der Waals surface area contributed by atoms with Gasteiger partial charge in [-0.15, -0.1) is 0 Å². The first-order valence-electron chi connectivity index (χ1n) is 10.4. The van der Waals surface area contributed by atoms with Crippen LogP contribution in [0.15, 0.2) is 66.1 Å². The summed E-state index contributed by atoms with van der Waals surface area (Å²) >= 11 is 7.07. The first kappa shape index (κ1) is 22.5. The van der Waals surface area contributed by atoms with Crippen LogP contribution in [0.4, 0.5) is 10.5 Å². The summed E-state index contributed by atoms with van der Waals surface area (Å²) in [5.74, 6) is 0.382. The van der Waals surface area contributed by atoms with Gasteiger partial charge in [-0.3, -0.25) is 19.4 Å². The normalized spacial score (nSPS) is 18.5. The van der Waals surface area contributed by atoms with Gasteiger partial charge in [0.2, 0.25) is 0 Å². The summed E-state index contributed by atoms with van der Waals surface area (Å²) in [4.78, 5) is 31.6. The van der Waals surface area contributed by atoms with Crippen molar-refractivity contribution in [1.29, 1.82) is 0 Å². The molecule has 0 N–H and O–H groups in total. The second kappa shape index (κ2) is 10.3. The number of carbonyl (C=O) groups is 2. The third-order valence-electron chi connectivity index (χ3n) is 5.32. The number of piperazine rings is 1. The van der Waals surface area contributed by atoms with Gasteiger partial charge in [0.25, 0.3) is 11.1 Å². The molecule has 2 aromatic carbocycles. The van der Waals surface area contributed by atoms with Gasteiger partial charge in [-0.1, -0.05) is 48.5 Å². The second-order valence-corrected chi connectivity index (χ2v) is 8.90. The SMILES string of the molecule is C=CCOc1ccccc1/C=C1/SC(=O)N(CN2CCN(c3cccc(Cl)c3)CC2)C1=O. The Bertz CT molecular complexity index is 1050. The lowest BCUT2D eigenvalue weighted by Gasteiger charge is -2.37. The Kier molecular flexibility index (Phi) is 7.19. The van der Waals surface area contributed by atoms with Crippen LogP contribution in [0.1, 0.15) is 5.56 Å². The highest BCUT2D eigenvalue weighted by atomic mass is 35.5. The Hall–Kier alpha value is -2.74.